The third-order valence-corrected chi connectivity index (χ3v) is 3.19. The Balaban J connectivity index is 3.11. The third kappa shape index (κ3) is 3.33. The number of aryl methyl sites for hydroxylation is 1. The van der Waals surface area contributed by atoms with E-state index in [1.165, 1.54) is 0 Å². The second-order valence-electron chi connectivity index (χ2n) is 4.98. The first-order chi connectivity index (χ1) is 8.51. The van der Waals surface area contributed by atoms with Crippen molar-refractivity contribution in [2.45, 2.75) is 20.8 Å². The number of rotatable bonds is 6. The number of benzene rings is 1. The third-order valence-electron chi connectivity index (χ3n) is 3.19. The highest BCUT2D eigenvalue weighted by molar-refractivity contribution is 6.00. The Bertz CT molecular complexity index is 413. The molecule has 1 atom stereocenters. The largest absolute Gasteiger partial charge is 0.496 e. The van der Waals surface area contributed by atoms with Crippen LogP contribution in [0.25, 0.3) is 0 Å². The molecule has 1 aromatic carbocycles. The fourth-order valence-corrected chi connectivity index (χ4v) is 2.07. The van der Waals surface area contributed by atoms with Crippen LogP contribution in [-0.4, -0.2) is 26.5 Å². The van der Waals surface area contributed by atoms with Crippen molar-refractivity contribution < 1.29 is 9.53 Å². The van der Waals surface area contributed by atoms with E-state index in [0.29, 0.717) is 23.8 Å². The first-order valence-electron chi connectivity index (χ1n) is 6.34. The Labute approximate surface area is 110 Å². The molecule has 0 aliphatic heterocycles. The van der Waals surface area contributed by atoms with E-state index in [1.54, 1.807) is 7.11 Å². The zero-order valence-electron chi connectivity index (χ0n) is 11.9. The quantitative estimate of drug-likeness (QED) is 0.788. The van der Waals surface area contributed by atoms with Crippen LogP contribution >= 0.6 is 0 Å². The van der Waals surface area contributed by atoms with Gasteiger partial charge in [0.05, 0.1) is 12.7 Å². The predicted octanol–water partition coefficient (Wildman–Crippen LogP) is 2.68. The average molecular weight is 249 g/mol. The fourth-order valence-electron chi connectivity index (χ4n) is 2.07. The average Bonchev–Trinajstić information content (AvgIpc) is 2.34. The van der Waals surface area contributed by atoms with E-state index in [-0.39, 0.29) is 11.7 Å². The minimum absolute atomic E-state index is 0.0225. The number of hydrogen-bond donors (Lipinski definition) is 1. The highest BCUT2D eigenvalue weighted by atomic mass is 16.5. The van der Waals surface area contributed by atoms with Crippen LogP contribution in [0.4, 0.5) is 0 Å². The van der Waals surface area contributed by atoms with Gasteiger partial charge in [-0.2, -0.15) is 0 Å². The standard InChI is InChI=1S/C15H23NO2/c1-10(2)13(9-16-4)15(17)12-8-11(3)6-7-14(12)18-5/h6-8,10,13,16H,9H2,1-5H3. The minimum Gasteiger partial charge on any atom is -0.496 e. The molecule has 3 nitrogen and oxygen atoms in total. The van der Waals surface area contributed by atoms with Crippen LogP contribution in [0.3, 0.4) is 0 Å². The SMILES string of the molecule is CNCC(C(=O)c1cc(C)ccc1OC)C(C)C. The van der Waals surface area contributed by atoms with Gasteiger partial charge < -0.3 is 10.1 Å². The van der Waals surface area contributed by atoms with Crippen molar-refractivity contribution in [3.05, 3.63) is 29.3 Å². The van der Waals surface area contributed by atoms with Crippen LogP contribution in [0.2, 0.25) is 0 Å². The number of hydrogen-bond acceptors (Lipinski definition) is 3. The van der Waals surface area contributed by atoms with Crippen LogP contribution in [-0.2, 0) is 0 Å². The van der Waals surface area contributed by atoms with Gasteiger partial charge in [-0.3, -0.25) is 4.79 Å². The number of methoxy groups -OCH3 is 1. The summed E-state index contributed by atoms with van der Waals surface area (Å²) in [6.45, 7) is 6.82. The molecule has 1 unspecified atom stereocenters. The second-order valence-corrected chi connectivity index (χ2v) is 4.98. The first-order valence-corrected chi connectivity index (χ1v) is 6.34. The molecule has 0 heterocycles. The molecule has 0 aliphatic rings. The lowest BCUT2D eigenvalue weighted by atomic mass is 9.87. The number of nitrogens with one attached hydrogen (secondary N) is 1. The van der Waals surface area contributed by atoms with Crippen molar-refractivity contribution in [1.82, 2.24) is 5.32 Å². The number of ketones is 1. The molecule has 0 bridgehead atoms. The van der Waals surface area contributed by atoms with Gasteiger partial charge in [0, 0.05) is 12.5 Å². The van der Waals surface area contributed by atoms with Crippen molar-refractivity contribution in [2.75, 3.05) is 20.7 Å². The van der Waals surface area contributed by atoms with Crippen LogP contribution in [0.5, 0.6) is 5.75 Å². The summed E-state index contributed by atoms with van der Waals surface area (Å²) in [6.07, 6.45) is 0. The molecule has 0 spiro atoms. The van der Waals surface area contributed by atoms with E-state index in [4.69, 9.17) is 4.74 Å². The molecule has 0 saturated heterocycles. The fraction of sp³-hybridized carbons (Fsp3) is 0.533. The highest BCUT2D eigenvalue weighted by Crippen LogP contribution is 2.25. The highest BCUT2D eigenvalue weighted by Gasteiger charge is 2.25. The number of ether oxygens (including phenoxy) is 1. The van der Waals surface area contributed by atoms with E-state index in [2.05, 4.69) is 19.2 Å². The van der Waals surface area contributed by atoms with Gasteiger partial charge in [0.2, 0.25) is 0 Å². The Kier molecular flexibility index (Phi) is 5.35. The molecule has 100 valence electrons. The summed E-state index contributed by atoms with van der Waals surface area (Å²) in [6, 6.07) is 5.73. The number of carbonyl (C=O) groups is 1. The molecule has 0 aromatic heterocycles. The van der Waals surface area contributed by atoms with Crippen molar-refractivity contribution in [2.24, 2.45) is 11.8 Å². The van der Waals surface area contributed by atoms with Gasteiger partial charge >= 0.3 is 0 Å². The second kappa shape index (κ2) is 6.55. The zero-order chi connectivity index (χ0) is 13.7. The number of carbonyl (C=O) groups excluding carboxylic acids is 1. The molecule has 0 saturated carbocycles. The Morgan fingerprint density at radius 2 is 2.06 bits per heavy atom. The molecule has 3 heteroatoms. The van der Waals surface area contributed by atoms with Gasteiger partial charge in [-0.15, -0.1) is 0 Å². The molecule has 1 N–H and O–H groups in total. The normalized spacial score (nSPS) is 12.6. The van der Waals surface area contributed by atoms with Gasteiger partial charge in [0.25, 0.3) is 0 Å². The lowest BCUT2D eigenvalue weighted by Gasteiger charge is -2.20. The van der Waals surface area contributed by atoms with Gasteiger partial charge in [0.1, 0.15) is 5.75 Å². The lowest BCUT2D eigenvalue weighted by Crippen LogP contribution is -2.30. The van der Waals surface area contributed by atoms with Gasteiger partial charge in [-0.25, -0.2) is 0 Å². The van der Waals surface area contributed by atoms with Crippen molar-refractivity contribution in [3.63, 3.8) is 0 Å². The van der Waals surface area contributed by atoms with E-state index in [0.717, 1.165) is 5.56 Å². The number of Topliss-reactive ketones (excluding diaryl/α,β-unsaturated/α-hetero) is 1. The molecule has 0 aliphatic carbocycles. The van der Waals surface area contributed by atoms with Crippen molar-refractivity contribution in [3.8, 4) is 5.75 Å². The summed E-state index contributed by atoms with van der Waals surface area (Å²) < 4.78 is 5.29. The summed E-state index contributed by atoms with van der Waals surface area (Å²) in [5, 5.41) is 3.09. The maximum Gasteiger partial charge on any atom is 0.171 e. The summed E-state index contributed by atoms with van der Waals surface area (Å²) in [7, 11) is 3.47. The molecule has 0 fully saturated rings. The van der Waals surface area contributed by atoms with Crippen LogP contribution in [0.1, 0.15) is 29.8 Å². The smallest absolute Gasteiger partial charge is 0.171 e. The van der Waals surface area contributed by atoms with E-state index in [1.807, 2.05) is 32.2 Å². The van der Waals surface area contributed by atoms with Crippen LogP contribution in [0, 0.1) is 18.8 Å². The predicted molar refractivity (Wildman–Crippen MR) is 74.3 cm³/mol. The molecular weight excluding hydrogens is 226 g/mol. The van der Waals surface area contributed by atoms with Gasteiger partial charge in [-0.1, -0.05) is 25.5 Å². The van der Waals surface area contributed by atoms with Crippen LogP contribution < -0.4 is 10.1 Å². The molecule has 0 amide bonds. The molecule has 1 aromatic rings. The Morgan fingerprint density at radius 3 is 2.56 bits per heavy atom. The van der Waals surface area contributed by atoms with Crippen LogP contribution in [0.15, 0.2) is 18.2 Å². The van der Waals surface area contributed by atoms with Gasteiger partial charge in [0.15, 0.2) is 5.78 Å². The van der Waals surface area contributed by atoms with E-state index >= 15 is 0 Å². The van der Waals surface area contributed by atoms with Gasteiger partial charge in [-0.05, 0) is 32.0 Å². The van der Waals surface area contributed by atoms with Crippen molar-refractivity contribution >= 4 is 5.78 Å². The minimum atomic E-state index is -0.0225. The molecule has 0 radical (unpaired) electrons. The Hall–Kier alpha value is -1.35. The summed E-state index contributed by atoms with van der Waals surface area (Å²) in [4.78, 5) is 12.6. The zero-order valence-corrected chi connectivity index (χ0v) is 11.9. The monoisotopic (exact) mass is 249 g/mol. The summed E-state index contributed by atoms with van der Waals surface area (Å²) in [5.41, 5.74) is 1.76. The topological polar surface area (TPSA) is 38.3 Å². The molecule has 18 heavy (non-hydrogen) atoms. The van der Waals surface area contributed by atoms with Crippen molar-refractivity contribution in [1.29, 1.82) is 0 Å². The maximum atomic E-state index is 12.6. The Morgan fingerprint density at radius 1 is 1.39 bits per heavy atom. The summed E-state index contributed by atoms with van der Waals surface area (Å²) in [5.74, 6) is 1.09. The van der Waals surface area contributed by atoms with E-state index < -0.39 is 0 Å². The molecule has 1 rings (SSSR count). The summed E-state index contributed by atoms with van der Waals surface area (Å²) >= 11 is 0. The maximum absolute atomic E-state index is 12.6. The lowest BCUT2D eigenvalue weighted by molar-refractivity contribution is 0.0883. The first kappa shape index (κ1) is 14.7. The molecular formula is C15H23NO2. The van der Waals surface area contributed by atoms with E-state index in [9.17, 15) is 4.79 Å².